The fourth-order valence-electron chi connectivity index (χ4n) is 4.50. The number of carbonyl (C=O) groups is 1. The van der Waals surface area contributed by atoms with Crippen LogP contribution in [0.4, 0.5) is 0 Å². The molecule has 4 rings (SSSR count). The van der Waals surface area contributed by atoms with E-state index in [0.29, 0.717) is 5.69 Å². The summed E-state index contributed by atoms with van der Waals surface area (Å²) >= 11 is 0. The van der Waals surface area contributed by atoms with Gasteiger partial charge in [0.05, 0.1) is 18.2 Å². The van der Waals surface area contributed by atoms with Crippen LogP contribution < -0.4 is 10.1 Å². The first-order chi connectivity index (χ1) is 14.7. The van der Waals surface area contributed by atoms with Crippen LogP contribution in [0.25, 0.3) is 10.9 Å². The average molecular weight is 412 g/mol. The third-order valence-electron chi connectivity index (χ3n) is 6.37. The molecule has 1 unspecified atom stereocenters. The Kier molecular flexibility index (Phi) is 7.18. The zero-order valence-electron chi connectivity index (χ0n) is 17.9. The first kappa shape index (κ1) is 21.1. The molecule has 6 heteroatoms. The topological polar surface area (TPSA) is 63.7 Å². The van der Waals surface area contributed by atoms with Crippen molar-refractivity contribution in [2.75, 3.05) is 39.9 Å². The summed E-state index contributed by atoms with van der Waals surface area (Å²) in [7, 11) is 1.74. The molecule has 0 saturated carbocycles. The van der Waals surface area contributed by atoms with Gasteiger partial charge >= 0.3 is 0 Å². The molecule has 162 valence electrons. The Hall–Kier alpha value is -2.18. The molecule has 0 radical (unpaired) electrons. The average Bonchev–Trinajstić information content (AvgIpc) is 2.81. The van der Waals surface area contributed by atoms with Crippen molar-refractivity contribution in [1.82, 2.24) is 15.2 Å². The van der Waals surface area contributed by atoms with Crippen molar-refractivity contribution in [3.8, 4) is 5.75 Å². The van der Waals surface area contributed by atoms with Crippen molar-refractivity contribution in [3.05, 3.63) is 36.0 Å². The molecular weight excluding hydrogens is 378 g/mol. The third kappa shape index (κ3) is 5.29. The van der Waals surface area contributed by atoms with E-state index >= 15 is 0 Å². The van der Waals surface area contributed by atoms with Crippen LogP contribution in [0.2, 0.25) is 0 Å². The van der Waals surface area contributed by atoms with E-state index in [1.54, 1.807) is 7.11 Å². The predicted octanol–water partition coefficient (Wildman–Crippen LogP) is 3.64. The van der Waals surface area contributed by atoms with Crippen LogP contribution in [0, 0.1) is 5.92 Å². The van der Waals surface area contributed by atoms with Crippen molar-refractivity contribution in [2.45, 2.75) is 44.6 Å². The Morgan fingerprint density at radius 1 is 1.20 bits per heavy atom. The lowest BCUT2D eigenvalue weighted by Gasteiger charge is -2.31. The molecule has 0 aliphatic carbocycles. The lowest BCUT2D eigenvalue weighted by Crippen LogP contribution is -2.40. The van der Waals surface area contributed by atoms with Gasteiger partial charge < -0.3 is 19.7 Å². The molecule has 30 heavy (non-hydrogen) atoms. The molecule has 0 spiro atoms. The van der Waals surface area contributed by atoms with E-state index < -0.39 is 0 Å². The predicted molar refractivity (Wildman–Crippen MR) is 118 cm³/mol. The van der Waals surface area contributed by atoms with Gasteiger partial charge in [-0.2, -0.15) is 0 Å². The smallest absolute Gasteiger partial charge is 0.272 e. The highest BCUT2D eigenvalue weighted by atomic mass is 16.5. The van der Waals surface area contributed by atoms with Crippen molar-refractivity contribution in [3.63, 3.8) is 0 Å². The van der Waals surface area contributed by atoms with E-state index in [-0.39, 0.29) is 12.0 Å². The first-order valence-electron chi connectivity index (χ1n) is 11.3. The van der Waals surface area contributed by atoms with Gasteiger partial charge in [0.1, 0.15) is 11.4 Å². The highest BCUT2D eigenvalue weighted by Gasteiger charge is 2.24. The van der Waals surface area contributed by atoms with Crippen LogP contribution in [-0.4, -0.2) is 61.8 Å². The molecule has 2 aromatic rings. The number of nitrogens with zero attached hydrogens (tertiary/aromatic N) is 2. The highest BCUT2D eigenvalue weighted by Crippen LogP contribution is 2.22. The third-order valence-corrected chi connectivity index (χ3v) is 6.37. The monoisotopic (exact) mass is 411 g/mol. The lowest BCUT2D eigenvalue weighted by atomic mass is 9.95. The number of carbonyl (C=O) groups excluding carboxylic acids is 1. The Balaban J connectivity index is 1.31. The summed E-state index contributed by atoms with van der Waals surface area (Å²) in [5.74, 6) is 1.66. The molecule has 1 amide bonds. The van der Waals surface area contributed by atoms with Crippen LogP contribution in [0.5, 0.6) is 5.75 Å². The largest absolute Gasteiger partial charge is 0.494 e. The van der Waals surface area contributed by atoms with E-state index in [1.165, 1.54) is 19.3 Å². The number of fused-ring (bicyclic) bond motifs is 1. The van der Waals surface area contributed by atoms with Gasteiger partial charge in [0, 0.05) is 25.6 Å². The van der Waals surface area contributed by atoms with E-state index in [2.05, 4.69) is 10.3 Å². The quantitative estimate of drug-likeness (QED) is 0.705. The second-order valence-electron chi connectivity index (χ2n) is 8.48. The maximum absolute atomic E-state index is 12.8. The zero-order chi connectivity index (χ0) is 20.8. The Morgan fingerprint density at radius 3 is 2.83 bits per heavy atom. The van der Waals surface area contributed by atoms with Crippen LogP contribution >= 0.6 is 0 Å². The lowest BCUT2D eigenvalue weighted by molar-refractivity contribution is 0.0348. The van der Waals surface area contributed by atoms with Crippen molar-refractivity contribution in [1.29, 1.82) is 0 Å². The van der Waals surface area contributed by atoms with Gasteiger partial charge in [-0.15, -0.1) is 0 Å². The molecule has 2 aliphatic rings. The summed E-state index contributed by atoms with van der Waals surface area (Å²) in [5, 5.41) is 4.47. The number of methoxy groups -OCH3 is 1. The van der Waals surface area contributed by atoms with Crippen LogP contribution in [0.15, 0.2) is 30.3 Å². The van der Waals surface area contributed by atoms with Crippen LogP contribution in [0.3, 0.4) is 0 Å². The second-order valence-corrected chi connectivity index (χ2v) is 8.48. The fourth-order valence-corrected chi connectivity index (χ4v) is 4.50. The van der Waals surface area contributed by atoms with E-state index in [9.17, 15) is 4.79 Å². The normalized spacial score (nSPS) is 20.4. The fraction of sp³-hybridized carbons (Fsp3) is 0.583. The summed E-state index contributed by atoms with van der Waals surface area (Å²) in [5.41, 5.74) is 1.33. The zero-order valence-corrected chi connectivity index (χ0v) is 17.9. The number of ether oxygens (including phenoxy) is 2. The minimum atomic E-state index is 0.00369. The summed E-state index contributed by atoms with van der Waals surface area (Å²) in [6.45, 7) is 4.50. The van der Waals surface area contributed by atoms with Gasteiger partial charge in [-0.25, -0.2) is 4.98 Å². The molecule has 0 bridgehead atoms. The number of pyridine rings is 1. The minimum Gasteiger partial charge on any atom is -0.494 e. The molecule has 1 N–H and O–H groups in total. The molecule has 1 atom stereocenters. The molecule has 2 saturated heterocycles. The Labute approximate surface area is 178 Å². The number of amides is 1. The number of piperidine rings is 2. The number of aromatic nitrogens is 1. The molecular formula is C24H33N3O3. The van der Waals surface area contributed by atoms with Gasteiger partial charge in [-0.1, -0.05) is 6.07 Å². The highest BCUT2D eigenvalue weighted by molar-refractivity contribution is 5.95. The summed E-state index contributed by atoms with van der Waals surface area (Å²) in [6, 6.07) is 9.72. The van der Waals surface area contributed by atoms with Gasteiger partial charge in [0.2, 0.25) is 0 Å². The van der Waals surface area contributed by atoms with Gasteiger partial charge in [-0.3, -0.25) is 4.79 Å². The van der Waals surface area contributed by atoms with Crippen LogP contribution in [-0.2, 0) is 4.74 Å². The Morgan fingerprint density at radius 2 is 2.07 bits per heavy atom. The standard InChI is InChI=1S/C24H33N3O3/c1-29-20-10-13-27(14-11-20)24(28)23-8-6-19-16-21(7-9-22(19)26-23)30-15-3-5-18-4-2-12-25-17-18/h6-9,16,18,20,25H,2-5,10-15,17H2,1H3. The first-order valence-corrected chi connectivity index (χ1v) is 11.3. The van der Waals surface area contributed by atoms with E-state index in [4.69, 9.17) is 9.47 Å². The summed E-state index contributed by atoms with van der Waals surface area (Å²) < 4.78 is 11.4. The molecule has 1 aromatic carbocycles. The van der Waals surface area contributed by atoms with Crippen molar-refractivity contribution in [2.24, 2.45) is 5.92 Å². The number of nitrogens with one attached hydrogen (secondary N) is 1. The number of rotatable bonds is 7. The van der Waals surface area contributed by atoms with Crippen molar-refractivity contribution < 1.29 is 14.3 Å². The number of hydrogen-bond donors (Lipinski definition) is 1. The molecule has 2 aliphatic heterocycles. The molecule has 6 nitrogen and oxygen atoms in total. The molecule has 3 heterocycles. The van der Waals surface area contributed by atoms with Gasteiger partial charge in [-0.05, 0) is 81.8 Å². The molecule has 2 fully saturated rings. The summed E-state index contributed by atoms with van der Waals surface area (Å²) in [6.07, 6.45) is 6.95. The van der Waals surface area contributed by atoms with Crippen molar-refractivity contribution >= 4 is 16.8 Å². The van der Waals surface area contributed by atoms with Gasteiger partial charge in [0.15, 0.2) is 0 Å². The SMILES string of the molecule is COC1CCN(C(=O)c2ccc3cc(OCCCC4CCCNC4)ccc3n2)CC1. The Bertz CT molecular complexity index is 843. The van der Waals surface area contributed by atoms with E-state index in [0.717, 1.165) is 74.6 Å². The maximum Gasteiger partial charge on any atom is 0.272 e. The number of hydrogen-bond acceptors (Lipinski definition) is 5. The number of benzene rings is 1. The molecule has 1 aromatic heterocycles. The minimum absolute atomic E-state index is 0.00369. The van der Waals surface area contributed by atoms with E-state index in [1.807, 2.05) is 35.2 Å². The number of likely N-dealkylation sites (tertiary alicyclic amines) is 1. The van der Waals surface area contributed by atoms with Gasteiger partial charge in [0.25, 0.3) is 5.91 Å². The summed E-state index contributed by atoms with van der Waals surface area (Å²) in [4.78, 5) is 19.3. The maximum atomic E-state index is 12.8. The van der Waals surface area contributed by atoms with Crippen LogP contribution in [0.1, 0.15) is 49.0 Å². The second kappa shape index (κ2) is 10.2.